The highest BCUT2D eigenvalue weighted by Crippen LogP contribution is 2.34. The predicted molar refractivity (Wildman–Crippen MR) is 85.5 cm³/mol. The lowest BCUT2D eigenvalue weighted by atomic mass is 9.96. The number of anilines is 1. The van der Waals surface area contributed by atoms with E-state index in [0.717, 1.165) is 9.37 Å². The predicted octanol–water partition coefficient (Wildman–Crippen LogP) is 2.17. The summed E-state index contributed by atoms with van der Waals surface area (Å²) in [5.74, 6) is -2.66. The Morgan fingerprint density at radius 2 is 1.88 bits per heavy atom. The van der Waals surface area contributed by atoms with Crippen LogP contribution in [0.1, 0.15) is 10.6 Å². The summed E-state index contributed by atoms with van der Waals surface area (Å²) in [4.78, 5) is 43.7. The van der Waals surface area contributed by atoms with Crippen LogP contribution in [0, 0.1) is 5.92 Å². The first-order valence-corrected chi connectivity index (χ1v) is 7.82. The summed E-state index contributed by atoms with van der Waals surface area (Å²) in [6.45, 7) is 0. The van der Waals surface area contributed by atoms with Crippen molar-refractivity contribution >= 4 is 44.9 Å². The van der Waals surface area contributed by atoms with E-state index in [-0.39, 0.29) is 11.5 Å². The minimum atomic E-state index is -1.12. The Morgan fingerprint density at radius 3 is 2.54 bits per heavy atom. The van der Waals surface area contributed by atoms with E-state index in [9.17, 15) is 14.4 Å². The summed E-state index contributed by atoms with van der Waals surface area (Å²) in [7, 11) is 0. The maximum Gasteiger partial charge on any atom is 0.278 e. The summed E-state index contributed by atoms with van der Waals surface area (Å²) in [5.41, 5.74) is 0.295. The molecule has 7 nitrogen and oxygen atoms in total. The number of halogens is 1. The van der Waals surface area contributed by atoms with Crippen LogP contribution in [0.25, 0.3) is 0 Å². The molecule has 2 atom stereocenters. The highest BCUT2D eigenvalue weighted by molar-refractivity contribution is 9.10. The zero-order valence-corrected chi connectivity index (χ0v) is 13.6. The smallest absolute Gasteiger partial charge is 0.278 e. The van der Waals surface area contributed by atoms with Gasteiger partial charge in [0.2, 0.25) is 17.8 Å². The number of oxime groups is 1. The number of ketones is 1. The van der Waals surface area contributed by atoms with Gasteiger partial charge in [0.05, 0.1) is 12.0 Å². The average Bonchev–Trinajstić information content (AvgIpc) is 3.29. The number of furan rings is 1. The molecular formula is C16H9BrN2O5. The van der Waals surface area contributed by atoms with Crippen LogP contribution in [-0.2, 0) is 14.4 Å². The van der Waals surface area contributed by atoms with Gasteiger partial charge in [-0.15, -0.1) is 0 Å². The van der Waals surface area contributed by atoms with Gasteiger partial charge in [0.25, 0.3) is 5.91 Å². The highest BCUT2D eigenvalue weighted by atomic mass is 79.9. The van der Waals surface area contributed by atoms with Crippen molar-refractivity contribution in [2.75, 3.05) is 4.90 Å². The summed E-state index contributed by atoms with van der Waals surface area (Å²) >= 11 is 3.30. The van der Waals surface area contributed by atoms with Gasteiger partial charge >= 0.3 is 0 Å². The minimum absolute atomic E-state index is 0.0420. The number of fused-ring (bicyclic) bond motifs is 1. The summed E-state index contributed by atoms with van der Waals surface area (Å²) in [6.07, 6.45) is 0.228. The first kappa shape index (κ1) is 14.8. The molecule has 2 amide bonds. The van der Waals surface area contributed by atoms with Crippen molar-refractivity contribution in [1.82, 2.24) is 0 Å². The number of carbonyl (C=O) groups excluding carboxylic acids is 3. The molecule has 1 fully saturated rings. The van der Waals surface area contributed by atoms with Crippen molar-refractivity contribution in [3.63, 3.8) is 0 Å². The zero-order chi connectivity index (χ0) is 16.8. The van der Waals surface area contributed by atoms with Crippen LogP contribution in [0.2, 0.25) is 0 Å². The molecule has 2 aromatic rings. The Hall–Kier alpha value is -2.74. The third-order valence-electron chi connectivity index (χ3n) is 3.87. The molecule has 24 heavy (non-hydrogen) atoms. The van der Waals surface area contributed by atoms with Crippen LogP contribution >= 0.6 is 15.9 Å². The summed E-state index contributed by atoms with van der Waals surface area (Å²) in [5, 5.41) is 3.65. The van der Waals surface area contributed by atoms with E-state index in [1.165, 1.54) is 12.3 Å². The van der Waals surface area contributed by atoms with Crippen LogP contribution in [0.3, 0.4) is 0 Å². The number of amides is 2. The Labute approximate surface area is 144 Å². The molecule has 1 aromatic carbocycles. The number of hydrogen-bond acceptors (Lipinski definition) is 6. The first-order valence-electron chi connectivity index (χ1n) is 7.03. The molecule has 0 radical (unpaired) electrons. The lowest BCUT2D eigenvalue weighted by Gasteiger charge is -2.15. The van der Waals surface area contributed by atoms with Crippen LogP contribution < -0.4 is 4.90 Å². The van der Waals surface area contributed by atoms with E-state index >= 15 is 0 Å². The molecule has 0 unspecified atom stereocenters. The summed E-state index contributed by atoms with van der Waals surface area (Å²) in [6, 6.07) is 9.71. The SMILES string of the molecule is O=C(C1=NO[C@@H]2C(=O)N(c3ccc(Br)cc3)C(=O)[C@@H]12)c1ccco1. The zero-order valence-electron chi connectivity index (χ0n) is 12.0. The van der Waals surface area contributed by atoms with Gasteiger partial charge in [0, 0.05) is 4.47 Å². The van der Waals surface area contributed by atoms with E-state index in [0.29, 0.717) is 5.69 Å². The van der Waals surface area contributed by atoms with Crippen LogP contribution in [0.4, 0.5) is 5.69 Å². The first-order chi connectivity index (χ1) is 11.6. The van der Waals surface area contributed by atoms with E-state index in [4.69, 9.17) is 9.25 Å². The van der Waals surface area contributed by atoms with Crippen molar-refractivity contribution in [3.05, 3.63) is 52.9 Å². The van der Waals surface area contributed by atoms with E-state index in [1.54, 1.807) is 30.3 Å². The van der Waals surface area contributed by atoms with Gasteiger partial charge in [-0.3, -0.25) is 14.4 Å². The van der Waals surface area contributed by atoms with E-state index in [2.05, 4.69) is 21.1 Å². The normalized spacial score (nSPS) is 22.4. The number of carbonyl (C=O) groups is 3. The van der Waals surface area contributed by atoms with E-state index in [1.807, 2.05) is 0 Å². The second-order valence-electron chi connectivity index (χ2n) is 5.27. The van der Waals surface area contributed by atoms with Gasteiger partial charge in [-0.25, -0.2) is 4.90 Å². The van der Waals surface area contributed by atoms with Crippen LogP contribution in [0.15, 0.2) is 56.7 Å². The number of nitrogens with zero attached hydrogens (tertiary/aromatic N) is 2. The van der Waals surface area contributed by atoms with Gasteiger partial charge in [0.15, 0.2) is 5.76 Å². The molecule has 0 N–H and O–H groups in total. The van der Waals surface area contributed by atoms with Gasteiger partial charge in [-0.2, -0.15) is 0 Å². The van der Waals surface area contributed by atoms with Crippen molar-refractivity contribution in [3.8, 4) is 0 Å². The number of benzene rings is 1. The molecule has 2 aliphatic heterocycles. The fourth-order valence-electron chi connectivity index (χ4n) is 2.74. The molecule has 0 spiro atoms. The molecule has 8 heteroatoms. The van der Waals surface area contributed by atoms with Crippen LogP contribution in [-0.4, -0.2) is 29.4 Å². The van der Waals surface area contributed by atoms with Crippen molar-refractivity contribution in [2.24, 2.45) is 11.1 Å². The molecule has 120 valence electrons. The van der Waals surface area contributed by atoms with Crippen LogP contribution in [0.5, 0.6) is 0 Å². The van der Waals surface area contributed by atoms with Gasteiger partial charge in [0.1, 0.15) is 11.6 Å². The standard InChI is InChI=1S/C16H9BrN2O5/c17-8-3-5-9(6-4-8)19-15(21)11-12(18-24-14(11)16(19)22)13(20)10-2-1-7-23-10/h1-7,11,14H/t11-,14-/m0/s1. The molecule has 0 saturated carbocycles. The molecule has 2 aliphatic rings. The fraction of sp³-hybridized carbons (Fsp3) is 0.125. The molecule has 4 rings (SSSR count). The number of hydrogen-bond donors (Lipinski definition) is 0. The summed E-state index contributed by atoms with van der Waals surface area (Å²) < 4.78 is 5.86. The Morgan fingerprint density at radius 1 is 1.12 bits per heavy atom. The Kier molecular flexibility index (Phi) is 3.34. The number of Topliss-reactive ketones (excluding diaryl/α,β-unsaturated/α-hetero) is 1. The second kappa shape index (κ2) is 5.41. The van der Waals surface area contributed by atoms with Crippen molar-refractivity contribution in [2.45, 2.75) is 6.10 Å². The van der Waals surface area contributed by atoms with Gasteiger partial charge < -0.3 is 9.25 Å². The third kappa shape index (κ3) is 2.10. The Bertz CT molecular complexity index is 872. The number of imide groups is 1. The van der Waals surface area contributed by atoms with Crippen molar-refractivity contribution < 1.29 is 23.6 Å². The maximum atomic E-state index is 12.7. The minimum Gasteiger partial charge on any atom is -0.461 e. The van der Waals surface area contributed by atoms with Gasteiger partial charge in [-0.05, 0) is 36.4 Å². The van der Waals surface area contributed by atoms with Gasteiger partial charge in [-0.1, -0.05) is 21.1 Å². The maximum absolute atomic E-state index is 12.7. The largest absolute Gasteiger partial charge is 0.461 e. The molecule has 1 saturated heterocycles. The second-order valence-corrected chi connectivity index (χ2v) is 6.19. The molecule has 0 aliphatic carbocycles. The van der Waals surface area contributed by atoms with E-state index < -0.39 is 29.6 Å². The van der Waals surface area contributed by atoms with Crippen molar-refractivity contribution in [1.29, 1.82) is 0 Å². The lowest BCUT2D eigenvalue weighted by molar-refractivity contribution is -0.126. The lowest BCUT2D eigenvalue weighted by Crippen LogP contribution is -2.34. The molecular weight excluding hydrogens is 380 g/mol. The molecule has 1 aromatic heterocycles. The Balaban J connectivity index is 1.67. The topological polar surface area (TPSA) is 89.2 Å². The fourth-order valence-corrected chi connectivity index (χ4v) is 3.01. The molecule has 3 heterocycles. The highest BCUT2D eigenvalue weighted by Gasteiger charge is 2.57. The third-order valence-corrected chi connectivity index (χ3v) is 4.40. The molecule has 0 bridgehead atoms. The monoisotopic (exact) mass is 388 g/mol. The number of rotatable bonds is 3. The quantitative estimate of drug-likeness (QED) is 0.593. The average molecular weight is 389 g/mol.